The van der Waals surface area contributed by atoms with Crippen LogP contribution < -0.4 is 5.32 Å². The molecule has 0 spiro atoms. The largest absolute Gasteiger partial charge is 0.348 e. The van der Waals surface area contributed by atoms with Crippen LogP contribution in [0.25, 0.3) is 0 Å². The van der Waals surface area contributed by atoms with Crippen molar-refractivity contribution < 1.29 is 9.59 Å². The molecule has 2 fully saturated rings. The minimum atomic E-state index is -0.337. The molecule has 1 aromatic carbocycles. The molecular formula is C17H22N2O2S. The predicted octanol–water partition coefficient (Wildman–Crippen LogP) is 2.63. The summed E-state index contributed by atoms with van der Waals surface area (Å²) in [4.78, 5) is 26.4. The lowest BCUT2D eigenvalue weighted by molar-refractivity contribution is -0.138. The molecule has 22 heavy (non-hydrogen) atoms. The molecule has 2 aliphatic heterocycles. The lowest BCUT2D eigenvalue weighted by Gasteiger charge is -2.30. The quantitative estimate of drug-likeness (QED) is 0.932. The molecule has 2 saturated heterocycles. The number of hydrogen-bond donors (Lipinski definition) is 1. The number of nitrogens with one attached hydrogen (secondary N) is 1. The summed E-state index contributed by atoms with van der Waals surface area (Å²) in [5.41, 5.74) is 2.29. The third kappa shape index (κ3) is 2.51. The maximum atomic E-state index is 12.7. The van der Waals surface area contributed by atoms with Crippen LogP contribution in [0.1, 0.15) is 43.9 Å². The van der Waals surface area contributed by atoms with Crippen LogP contribution in [0.2, 0.25) is 0 Å². The van der Waals surface area contributed by atoms with E-state index in [0.717, 1.165) is 17.5 Å². The van der Waals surface area contributed by atoms with Gasteiger partial charge in [0.15, 0.2) is 0 Å². The van der Waals surface area contributed by atoms with E-state index < -0.39 is 0 Å². The van der Waals surface area contributed by atoms with Crippen LogP contribution in [-0.4, -0.2) is 33.4 Å². The highest BCUT2D eigenvalue weighted by atomic mass is 32.2. The highest BCUT2D eigenvalue weighted by Crippen LogP contribution is 2.47. The summed E-state index contributed by atoms with van der Waals surface area (Å²) in [7, 11) is 0. The second-order valence-corrected chi connectivity index (χ2v) is 7.85. The number of aryl methyl sites for hydroxylation is 1. The molecule has 0 bridgehead atoms. The van der Waals surface area contributed by atoms with Gasteiger partial charge in [-0.25, -0.2) is 0 Å². The second kappa shape index (κ2) is 5.61. The molecule has 2 amide bonds. The van der Waals surface area contributed by atoms with E-state index in [2.05, 4.69) is 12.2 Å². The molecule has 118 valence electrons. The van der Waals surface area contributed by atoms with Gasteiger partial charge in [-0.15, -0.1) is 11.8 Å². The number of carbonyl (C=O) groups excluding carboxylic acids is 2. The van der Waals surface area contributed by atoms with Crippen LogP contribution in [0, 0.1) is 6.92 Å². The van der Waals surface area contributed by atoms with Gasteiger partial charge in [0, 0.05) is 12.2 Å². The van der Waals surface area contributed by atoms with E-state index in [0.29, 0.717) is 12.2 Å². The van der Waals surface area contributed by atoms with Crippen molar-refractivity contribution in [2.45, 2.75) is 50.6 Å². The zero-order valence-corrected chi connectivity index (χ0v) is 14.1. The number of thioether (sulfide) groups is 1. The highest BCUT2D eigenvalue weighted by molar-refractivity contribution is 8.01. The fourth-order valence-electron chi connectivity index (χ4n) is 3.47. The first kappa shape index (κ1) is 15.4. The average Bonchev–Trinajstić information content (AvgIpc) is 2.96. The number of nitrogens with zero attached hydrogens (tertiary/aromatic N) is 1. The van der Waals surface area contributed by atoms with Crippen molar-refractivity contribution in [3.63, 3.8) is 0 Å². The number of carbonyl (C=O) groups is 2. The van der Waals surface area contributed by atoms with Gasteiger partial charge in [0.25, 0.3) is 0 Å². The zero-order chi connectivity index (χ0) is 15.9. The van der Waals surface area contributed by atoms with Crippen LogP contribution in [0.15, 0.2) is 24.3 Å². The van der Waals surface area contributed by atoms with Gasteiger partial charge in [-0.3, -0.25) is 9.59 Å². The average molecular weight is 318 g/mol. The van der Waals surface area contributed by atoms with Crippen LogP contribution in [0.5, 0.6) is 0 Å². The minimum absolute atomic E-state index is 0.0396. The van der Waals surface area contributed by atoms with Crippen molar-refractivity contribution in [2.24, 2.45) is 0 Å². The van der Waals surface area contributed by atoms with Crippen molar-refractivity contribution in [3.05, 3.63) is 35.4 Å². The Labute approximate surface area is 135 Å². The Morgan fingerprint density at radius 3 is 2.91 bits per heavy atom. The molecular weight excluding hydrogens is 296 g/mol. The number of fused-ring (bicyclic) bond motifs is 1. The van der Waals surface area contributed by atoms with Crippen molar-refractivity contribution in [1.29, 1.82) is 0 Å². The zero-order valence-electron chi connectivity index (χ0n) is 13.3. The Balaban J connectivity index is 1.73. The molecule has 3 atom stereocenters. The molecule has 2 aliphatic rings. The fourth-order valence-corrected chi connectivity index (χ4v) is 4.91. The lowest BCUT2D eigenvalue weighted by Crippen LogP contribution is -2.50. The normalized spacial score (nSPS) is 28.6. The minimum Gasteiger partial charge on any atom is -0.348 e. The molecule has 2 heterocycles. The standard InChI is InChI=1S/C17H22N2O2S/c1-11-6-4-5-7-13(11)12(2)18-16(21)14-10-22-17(3)9-8-15(20)19(14)17/h4-7,12,14H,8-10H2,1-3H3,(H,18,21). The van der Waals surface area contributed by atoms with Gasteiger partial charge in [-0.05, 0) is 38.3 Å². The Kier molecular flexibility index (Phi) is 3.93. The summed E-state index contributed by atoms with van der Waals surface area (Å²) in [6.45, 7) is 6.11. The Morgan fingerprint density at radius 1 is 1.45 bits per heavy atom. The maximum Gasteiger partial charge on any atom is 0.244 e. The van der Waals surface area contributed by atoms with Crippen LogP contribution >= 0.6 is 11.8 Å². The summed E-state index contributed by atoms with van der Waals surface area (Å²) >= 11 is 1.73. The molecule has 3 unspecified atom stereocenters. The van der Waals surface area contributed by atoms with E-state index in [4.69, 9.17) is 0 Å². The number of benzene rings is 1. The molecule has 3 rings (SSSR count). The molecule has 5 heteroatoms. The van der Waals surface area contributed by atoms with Gasteiger partial charge in [-0.1, -0.05) is 24.3 Å². The van der Waals surface area contributed by atoms with Gasteiger partial charge in [0.2, 0.25) is 11.8 Å². The third-order valence-corrected chi connectivity index (χ3v) is 6.27. The van der Waals surface area contributed by atoms with Gasteiger partial charge in [-0.2, -0.15) is 0 Å². The Bertz CT molecular complexity index is 618. The van der Waals surface area contributed by atoms with Gasteiger partial charge in [0.1, 0.15) is 6.04 Å². The van der Waals surface area contributed by atoms with E-state index in [1.54, 1.807) is 16.7 Å². The predicted molar refractivity (Wildman–Crippen MR) is 88.5 cm³/mol. The number of hydrogen-bond acceptors (Lipinski definition) is 3. The highest BCUT2D eigenvalue weighted by Gasteiger charge is 2.52. The van der Waals surface area contributed by atoms with Crippen molar-refractivity contribution in [2.75, 3.05) is 5.75 Å². The van der Waals surface area contributed by atoms with Gasteiger partial charge in [0.05, 0.1) is 10.9 Å². The van der Waals surface area contributed by atoms with Crippen LogP contribution in [0.3, 0.4) is 0 Å². The summed E-state index contributed by atoms with van der Waals surface area (Å²) in [6, 6.07) is 7.67. The number of rotatable bonds is 3. The van der Waals surface area contributed by atoms with Gasteiger partial charge < -0.3 is 10.2 Å². The first-order valence-corrected chi connectivity index (χ1v) is 8.73. The van der Waals surface area contributed by atoms with Gasteiger partial charge >= 0.3 is 0 Å². The SMILES string of the molecule is Cc1ccccc1C(C)NC(=O)C1CSC2(C)CCC(=O)N12. The first-order valence-electron chi connectivity index (χ1n) is 7.74. The molecule has 0 radical (unpaired) electrons. The lowest BCUT2D eigenvalue weighted by atomic mass is 10.0. The second-order valence-electron chi connectivity index (χ2n) is 6.35. The van der Waals surface area contributed by atoms with Crippen molar-refractivity contribution in [1.82, 2.24) is 10.2 Å². The van der Waals surface area contributed by atoms with Crippen molar-refractivity contribution >= 4 is 23.6 Å². The third-order valence-electron chi connectivity index (χ3n) is 4.76. The van der Waals surface area contributed by atoms with Crippen LogP contribution in [0.4, 0.5) is 0 Å². The Morgan fingerprint density at radius 2 is 2.18 bits per heavy atom. The number of amides is 2. The Hall–Kier alpha value is -1.49. The first-order chi connectivity index (χ1) is 10.4. The van der Waals surface area contributed by atoms with Crippen LogP contribution in [-0.2, 0) is 9.59 Å². The molecule has 1 aromatic rings. The van der Waals surface area contributed by atoms with E-state index in [1.165, 1.54) is 0 Å². The van der Waals surface area contributed by atoms with E-state index in [1.807, 2.05) is 38.1 Å². The monoisotopic (exact) mass is 318 g/mol. The summed E-state index contributed by atoms with van der Waals surface area (Å²) in [5, 5.41) is 3.08. The molecule has 0 saturated carbocycles. The van der Waals surface area contributed by atoms with Crippen molar-refractivity contribution in [3.8, 4) is 0 Å². The molecule has 4 nitrogen and oxygen atoms in total. The topological polar surface area (TPSA) is 49.4 Å². The smallest absolute Gasteiger partial charge is 0.244 e. The molecule has 1 N–H and O–H groups in total. The summed E-state index contributed by atoms with van der Waals surface area (Å²) in [6.07, 6.45) is 1.40. The van der Waals surface area contributed by atoms with E-state index in [9.17, 15) is 9.59 Å². The van der Waals surface area contributed by atoms with E-state index >= 15 is 0 Å². The summed E-state index contributed by atoms with van der Waals surface area (Å²) < 4.78 is 0. The van der Waals surface area contributed by atoms with E-state index in [-0.39, 0.29) is 28.8 Å². The fraction of sp³-hybridized carbons (Fsp3) is 0.529. The molecule has 0 aromatic heterocycles. The maximum absolute atomic E-state index is 12.7. The summed E-state index contributed by atoms with van der Waals surface area (Å²) in [5.74, 6) is 0.757. The molecule has 0 aliphatic carbocycles.